The smallest absolute Gasteiger partial charge is 0.350 e. The summed E-state index contributed by atoms with van der Waals surface area (Å²) in [6.07, 6.45) is 6.49. The van der Waals surface area contributed by atoms with Crippen LogP contribution in [0.15, 0.2) is 42.7 Å². The van der Waals surface area contributed by atoms with Crippen LogP contribution in [0.1, 0.15) is 33.4 Å². The molecule has 0 aliphatic rings. The lowest BCUT2D eigenvalue weighted by Crippen LogP contribution is -2.28. The number of halogens is 1. The Balaban J connectivity index is 1.91. The molecule has 0 aliphatic heterocycles. The van der Waals surface area contributed by atoms with E-state index >= 15 is 0 Å². The first-order valence-electron chi connectivity index (χ1n) is 9.24. The van der Waals surface area contributed by atoms with Crippen LogP contribution >= 0.6 is 11.3 Å². The molecule has 0 fully saturated rings. The molecule has 0 N–H and O–H groups in total. The Labute approximate surface area is 177 Å². The summed E-state index contributed by atoms with van der Waals surface area (Å²) in [6.45, 7) is 3.84. The number of amides is 1. The quantitative estimate of drug-likeness (QED) is 0.423. The van der Waals surface area contributed by atoms with Gasteiger partial charge in [0, 0.05) is 24.9 Å². The lowest BCUT2D eigenvalue weighted by Gasteiger charge is -2.18. The number of nitrogens with zero attached hydrogens (tertiary/aromatic N) is 4. The predicted molar refractivity (Wildman–Crippen MR) is 113 cm³/mol. The van der Waals surface area contributed by atoms with Crippen LogP contribution in [0.3, 0.4) is 0 Å². The minimum atomic E-state index is -0.473. The zero-order valence-corrected chi connectivity index (χ0v) is 17.6. The Bertz CT molecular complexity index is 1070. The summed E-state index contributed by atoms with van der Waals surface area (Å²) in [6, 6.07) is 5.88. The van der Waals surface area contributed by atoms with Crippen LogP contribution in [0.2, 0.25) is 0 Å². The van der Waals surface area contributed by atoms with Gasteiger partial charge in [-0.3, -0.25) is 14.4 Å². The second-order valence-corrected chi connectivity index (χ2v) is 7.44. The summed E-state index contributed by atoms with van der Waals surface area (Å²) in [5, 5.41) is 4.43. The Kier molecular flexibility index (Phi) is 6.73. The molecule has 1 amide bonds. The number of carbonyl (C=O) groups excluding carboxylic acids is 2. The molecule has 1 aromatic carbocycles. The van der Waals surface area contributed by atoms with Gasteiger partial charge in [0.05, 0.1) is 25.0 Å². The maximum absolute atomic E-state index is 13.3. The van der Waals surface area contributed by atoms with Crippen LogP contribution in [0.4, 0.5) is 9.52 Å². The van der Waals surface area contributed by atoms with Crippen molar-refractivity contribution < 1.29 is 18.7 Å². The molecular weight excluding hydrogens is 407 g/mol. The normalized spacial score (nSPS) is 11.1. The maximum atomic E-state index is 13.3. The topological polar surface area (TPSA) is 77.3 Å². The number of hydrogen-bond acceptors (Lipinski definition) is 6. The molecule has 3 rings (SSSR count). The molecule has 0 bridgehead atoms. The molecule has 0 aliphatic carbocycles. The molecule has 0 atom stereocenters. The number of hydrogen-bond donors (Lipinski definition) is 0. The third-order valence-electron chi connectivity index (χ3n) is 4.14. The van der Waals surface area contributed by atoms with Crippen molar-refractivity contribution in [1.29, 1.82) is 0 Å². The third-order valence-corrected chi connectivity index (χ3v) is 5.30. The van der Waals surface area contributed by atoms with Gasteiger partial charge in [-0.25, -0.2) is 14.2 Å². The van der Waals surface area contributed by atoms with Crippen molar-refractivity contribution >= 4 is 34.4 Å². The maximum Gasteiger partial charge on any atom is 0.350 e. The summed E-state index contributed by atoms with van der Waals surface area (Å²) >= 11 is 1.09. The van der Waals surface area contributed by atoms with E-state index in [-0.39, 0.29) is 24.9 Å². The van der Waals surface area contributed by atoms with Gasteiger partial charge in [0.15, 0.2) is 5.13 Å². The van der Waals surface area contributed by atoms with Crippen LogP contribution in [0.25, 0.3) is 6.08 Å². The molecule has 3 aromatic rings. The fraction of sp³-hybridized carbons (Fsp3) is 0.238. The van der Waals surface area contributed by atoms with E-state index in [1.54, 1.807) is 56.2 Å². The van der Waals surface area contributed by atoms with E-state index in [1.165, 1.54) is 23.1 Å². The number of anilines is 1. The number of thiazole rings is 1. The van der Waals surface area contributed by atoms with E-state index in [4.69, 9.17) is 4.74 Å². The molecule has 0 radical (unpaired) electrons. The lowest BCUT2D eigenvalue weighted by molar-refractivity contribution is -0.114. The Morgan fingerprint density at radius 2 is 2.03 bits per heavy atom. The van der Waals surface area contributed by atoms with Crippen LogP contribution in [-0.2, 0) is 23.1 Å². The lowest BCUT2D eigenvalue weighted by atomic mass is 10.2. The second kappa shape index (κ2) is 9.45. The van der Waals surface area contributed by atoms with Crippen molar-refractivity contribution in [2.45, 2.75) is 20.4 Å². The first-order chi connectivity index (χ1) is 14.4. The van der Waals surface area contributed by atoms with Crippen molar-refractivity contribution in [3.63, 3.8) is 0 Å². The molecule has 0 spiro atoms. The first-order valence-corrected chi connectivity index (χ1v) is 10.1. The van der Waals surface area contributed by atoms with E-state index in [2.05, 4.69) is 10.1 Å². The number of benzene rings is 1. The van der Waals surface area contributed by atoms with Crippen molar-refractivity contribution in [3.8, 4) is 0 Å². The van der Waals surface area contributed by atoms with Crippen LogP contribution < -0.4 is 4.90 Å². The molecule has 9 heteroatoms. The molecule has 0 unspecified atom stereocenters. The summed E-state index contributed by atoms with van der Waals surface area (Å²) in [4.78, 5) is 31.4. The first kappa shape index (κ1) is 21.4. The predicted octanol–water partition coefficient (Wildman–Crippen LogP) is 3.75. The van der Waals surface area contributed by atoms with Gasteiger partial charge in [0.25, 0.3) is 5.91 Å². The van der Waals surface area contributed by atoms with Crippen molar-refractivity contribution in [3.05, 3.63) is 70.3 Å². The highest BCUT2D eigenvalue weighted by Crippen LogP contribution is 2.28. The van der Waals surface area contributed by atoms with Crippen molar-refractivity contribution in [2.75, 3.05) is 11.5 Å². The molecule has 30 heavy (non-hydrogen) atoms. The SMILES string of the molecule is CCOC(=O)c1sc(N(Cc2ccc(F)cc2)C(=O)/C=C/c2cnn(C)c2)nc1C. The van der Waals surface area contributed by atoms with E-state index < -0.39 is 5.97 Å². The number of esters is 1. The Morgan fingerprint density at radius 3 is 2.67 bits per heavy atom. The highest BCUT2D eigenvalue weighted by Gasteiger charge is 2.23. The van der Waals surface area contributed by atoms with Crippen LogP contribution in [0, 0.1) is 12.7 Å². The van der Waals surface area contributed by atoms with Gasteiger partial charge in [-0.1, -0.05) is 23.5 Å². The van der Waals surface area contributed by atoms with Gasteiger partial charge in [-0.2, -0.15) is 5.10 Å². The Hall–Kier alpha value is -3.33. The Morgan fingerprint density at radius 1 is 1.30 bits per heavy atom. The van der Waals surface area contributed by atoms with E-state index in [0.29, 0.717) is 15.7 Å². The minimum absolute atomic E-state index is 0.172. The highest BCUT2D eigenvalue weighted by molar-refractivity contribution is 7.17. The number of carbonyl (C=O) groups is 2. The molecule has 7 nitrogen and oxygen atoms in total. The van der Waals surface area contributed by atoms with E-state index in [0.717, 1.165) is 22.5 Å². The standard InChI is InChI=1S/C21H21FN4O3S/c1-4-29-20(28)19-14(2)24-21(30-19)26(13-15-5-8-17(22)9-6-15)18(27)10-7-16-11-23-25(3)12-16/h5-12H,4,13H2,1-3H3/b10-7+. The van der Waals surface area contributed by atoms with Crippen LogP contribution in [0.5, 0.6) is 0 Å². The average molecular weight is 428 g/mol. The monoisotopic (exact) mass is 428 g/mol. The fourth-order valence-electron chi connectivity index (χ4n) is 2.68. The summed E-state index contributed by atoms with van der Waals surface area (Å²) in [7, 11) is 1.79. The van der Waals surface area contributed by atoms with E-state index in [9.17, 15) is 14.0 Å². The van der Waals surface area contributed by atoms with E-state index in [1.807, 2.05) is 0 Å². The molecule has 0 saturated heterocycles. The number of aromatic nitrogens is 3. The summed E-state index contributed by atoms with van der Waals surface area (Å²) < 4.78 is 20.0. The molecular formula is C21H21FN4O3S. The molecule has 156 valence electrons. The second-order valence-electron chi connectivity index (χ2n) is 6.46. The van der Waals surface area contributed by atoms with Gasteiger partial charge in [0.2, 0.25) is 0 Å². The molecule has 2 heterocycles. The summed E-state index contributed by atoms with van der Waals surface area (Å²) in [5.41, 5.74) is 1.99. The van der Waals surface area contributed by atoms with Crippen molar-refractivity contribution in [1.82, 2.24) is 14.8 Å². The average Bonchev–Trinajstić information content (AvgIpc) is 3.31. The highest BCUT2D eigenvalue weighted by atomic mass is 32.1. The minimum Gasteiger partial charge on any atom is -0.462 e. The third kappa shape index (κ3) is 5.18. The number of rotatable bonds is 7. The van der Waals surface area contributed by atoms with Crippen LogP contribution in [-0.4, -0.2) is 33.2 Å². The van der Waals surface area contributed by atoms with Gasteiger partial charge >= 0.3 is 5.97 Å². The largest absolute Gasteiger partial charge is 0.462 e. The zero-order valence-electron chi connectivity index (χ0n) is 16.8. The van der Waals surface area contributed by atoms with Gasteiger partial charge < -0.3 is 4.74 Å². The molecule has 2 aromatic heterocycles. The van der Waals surface area contributed by atoms with Gasteiger partial charge in [-0.05, 0) is 37.6 Å². The fourth-order valence-corrected chi connectivity index (χ4v) is 3.65. The zero-order chi connectivity index (χ0) is 21.7. The number of aryl methyl sites for hydroxylation is 2. The van der Waals surface area contributed by atoms with Gasteiger partial charge in [-0.15, -0.1) is 0 Å². The number of ether oxygens (including phenoxy) is 1. The van der Waals surface area contributed by atoms with Crippen molar-refractivity contribution in [2.24, 2.45) is 7.05 Å². The summed E-state index contributed by atoms with van der Waals surface area (Å²) in [5.74, 6) is -1.16. The van der Waals surface area contributed by atoms with Gasteiger partial charge in [0.1, 0.15) is 10.7 Å². The molecule has 0 saturated carbocycles.